The number of carbonyl (C=O) groups excluding carboxylic acids is 2. The molecule has 0 bridgehead atoms. The molecule has 0 saturated carbocycles. The number of rotatable bonds is 4. The number of esters is 1. The van der Waals surface area contributed by atoms with Gasteiger partial charge in [-0.1, -0.05) is 29.3 Å². The largest absolute Gasteiger partial charge is 0.492 e. The minimum absolute atomic E-state index is 0.221. The van der Waals surface area contributed by atoms with Gasteiger partial charge >= 0.3 is 5.97 Å². The molecule has 0 aromatic heterocycles. The van der Waals surface area contributed by atoms with Crippen LogP contribution in [-0.2, 0) is 20.7 Å². The second-order valence-corrected chi connectivity index (χ2v) is 7.29. The Morgan fingerprint density at radius 2 is 2.00 bits per heavy atom. The van der Waals surface area contributed by atoms with Gasteiger partial charge in [-0.25, -0.2) is 0 Å². The molecule has 0 fully saturated rings. The van der Waals surface area contributed by atoms with E-state index in [0.29, 0.717) is 17.1 Å². The van der Waals surface area contributed by atoms with E-state index in [1.54, 1.807) is 25.1 Å². The molecule has 1 aliphatic heterocycles. The third kappa shape index (κ3) is 4.61. The van der Waals surface area contributed by atoms with Crippen molar-refractivity contribution in [3.05, 3.63) is 58.1 Å². The quantitative estimate of drug-likeness (QED) is 0.803. The summed E-state index contributed by atoms with van der Waals surface area (Å²) >= 11 is 6.00. The number of benzene rings is 2. The number of aryl methyl sites for hydroxylation is 2. The van der Waals surface area contributed by atoms with Crippen molar-refractivity contribution in [1.29, 1.82) is 0 Å². The zero-order valence-electron chi connectivity index (χ0n) is 15.5. The Labute approximate surface area is 163 Å². The maximum Gasteiger partial charge on any atom is 0.313 e. The summed E-state index contributed by atoms with van der Waals surface area (Å²) in [4.78, 5) is 24.8. The lowest BCUT2D eigenvalue weighted by atomic mass is 9.97. The molecule has 1 amide bonds. The monoisotopic (exact) mass is 387 g/mol. The van der Waals surface area contributed by atoms with Gasteiger partial charge in [0.05, 0.1) is 5.92 Å². The Morgan fingerprint density at radius 1 is 1.22 bits per heavy atom. The normalized spacial score (nSPS) is 16.7. The molecule has 2 unspecified atom stereocenters. The lowest BCUT2D eigenvalue weighted by molar-refractivity contribution is -0.158. The van der Waals surface area contributed by atoms with Crippen LogP contribution in [0.3, 0.4) is 0 Å². The van der Waals surface area contributed by atoms with E-state index in [4.69, 9.17) is 21.1 Å². The molecule has 2 atom stereocenters. The molecule has 5 nitrogen and oxygen atoms in total. The lowest BCUT2D eigenvalue weighted by Gasteiger charge is -2.25. The Hall–Kier alpha value is -2.53. The van der Waals surface area contributed by atoms with E-state index in [1.165, 1.54) is 0 Å². The summed E-state index contributed by atoms with van der Waals surface area (Å²) in [5, 5.41) is 3.39. The standard InChI is InChI=1S/C21H22ClNO4/c1-12-4-6-18(13(2)8-12)23-20(24)14(3)27-21(25)16-9-15-10-17(22)5-7-19(15)26-11-16/h4-8,10,14,16H,9,11H2,1-3H3,(H,23,24). The zero-order valence-corrected chi connectivity index (χ0v) is 16.3. The van der Waals surface area contributed by atoms with Gasteiger partial charge in [-0.05, 0) is 62.6 Å². The summed E-state index contributed by atoms with van der Waals surface area (Å²) in [7, 11) is 0. The summed E-state index contributed by atoms with van der Waals surface area (Å²) < 4.78 is 11.0. The van der Waals surface area contributed by atoms with Crippen molar-refractivity contribution in [3.63, 3.8) is 0 Å². The maximum atomic E-state index is 12.5. The Kier molecular flexibility index (Phi) is 5.71. The molecule has 0 spiro atoms. The fourth-order valence-electron chi connectivity index (χ4n) is 3.03. The summed E-state index contributed by atoms with van der Waals surface area (Å²) in [6.45, 7) is 5.69. The van der Waals surface area contributed by atoms with Crippen LogP contribution in [0.2, 0.25) is 5.02 Å². The highest BCUT2D eigenvalue weighted by atomic mass is 35.5. The van der Waals surface area contributed by atoms with Crippen LogP contribution < -0.4 is 10.1 Å². The number of fused-ring (bicyclic) bond motifs is 1. The van der Waals surface area contributed by atoms with Crippen LogP contribution in [0.15, 0.2) is 36.4 Å². The molecular formula is C21H22ClNO4. The van der Waals surface area contributed by atoms with Crippen molar-refractivity contribution >= 4 is 29.2 Å². The molecule has 27 heavy (non-hydrogen) atoms. The van der Waals surface area contributed by atoms with Crippen molar-refractivity contribution in [3.8, 4) is 5.75 Å². The van der Waals surface area contributed by atoms with Gasteiger partial charge < -0.3 is 14.8 Å². The van der Waals surface area contributed by atoms with E-state index in [0.717, 1.165) is 22.4 Å². The maximum absolute atomic E-state index is 12.5. The summed E-state index contributed by atoms with van der Waals surface area (Å²) in [6.07, 6.45) is -0.431. The van der Waals surface area contributed by atoms with Crippen molar-refractivity contribution in [2.45, 2.75) is 33.3 Å². The van der Waals surface area contributed by atoms with Gasteiger partial charge in [-0.2, -0.15) is 0 Å². The molecule has 6 heteroatoms. The minimum Gasteiger partial charge on any atom is -0.492 e. The fourth-order valence-corrected chi connectivity index (χ4v) is 3.22. The number of halogens is 1. The molecule has 0 radical (unpaired) electrons. The Balaban J connectivity index is 1.59. The van der Waals surface area contributed by atoms with Gasteiger partial charge in [0.1, 0.15) is 12.4 Å². The number of ether oxygens (including phenoxy) is 2. The van der Waals surface area contributed by atoms with Gasteiger partial charge in [0.15, 0.2) is 6.10 Å². The second kappa shape index (κ2) is 8.01. The van der Waals surface area contributed by atoms with Crippen LogP contribution in [0.1, 0.15) is 23.6 Å². The zero-order chi connectivity index (χ0) is 19.6. The number of amides is 1. The average Bonchev–Trinajstić information content (AvgIpc) is 2.63. The Bertz CT molecular complexity index is 880. The van der Waals surface area contributed by atoms with Gasteiger partial charge in [0, 0.05) is 10.7 Å². The number of hydrogen-bond acceptors (Lipinski definition) is 4. The van der Waals surface area contributed by atoms with Crippen LogP contribution in [0.5, 0.6) is 5.75 Å². The molecule has 1 aliphatic rings. The minimum atomic E-state index is -0.904. The van der Waals surface area contributed by atoms with Crippen LogP contribution in [0, 0.1) is 19.8 Å². The van der Waals surface area contributed by atoms with Crippen molar-refractivity contribution in [1.82, 2.24) is 0 Å². The highest BCUT2D eigenvalue weighted by Gasteiger charge is 2.30. The van der Waals surface area contributed by atoms with E-state index in [-0.39, 0.29) is 12.5 Å². The molecule has 3 rings (SSSR count). The van der Waals surface area contributed by atoms with Gasteiger partial charge in [0.2, 0.25) is 0 Å². The van der Waals surface area contributed by atoms with Crippen LogP contribution in [-0.4, -0.2) is 24.6 Å². The summed E-state index contributed by atoms with van der Waals surface area (Å²) in [5.74, 6) is -0.559. The van der Waals surface area contributed by atoms with Crippen LogP contribution in [0.25, 0.3) is 0 Å². The van der Waals surface area contributed by atoms with E-state index >= 15 is 0 Å². The lowest BCUT2D eigenvalue weighted by Crippen LogP contribution is -2.36. The predicted octanol–water partition coefficient (Wildman–Crippen LogP) is 4.08. The van der Waals surface area contributed by atoms with E-state index in [9.17, 15) is 9.59 Å². The molecule has 2 aromatic carbocycles. The predicted molar refractivity (Wildman–Crippen MR) is 104 cm³/mol. The average molecular weight is 388 g/mol. The van der Waals surface area contributed by atoms with Gasteiger partial charge in [-0.15, -0.1) is 0 Å². The summed E-state index contributed by atoms with van der Waals surface area (Å²) in [5.41, 5.74) is 3.64. The van der Waals surface area contributed by atoms with Crippen molar-refractivity contribution in [2.24, 2.45) is 5.92 Å². The van der Waals surface area contributed by atoms with E-state index in [2.05, 4.69) is 5.32 Å². The first kappa shape index (κ1) is 19.2. The van der Waals surface area contributed by atoms with Crippen LogP contribution in [0.4, 0.5) is 5.69 Å². The number of anilines is 1. The summed E-state index contributed by atoms with van der Waals surface area (Å²) in [6, 6.07) is 11.1. The van der Waals surface area contributed by atoms with Crippen molar-refractivity contribution < 1.29 is 19.1 Å². The molecule has 1 N–H and O–H groups in total. The topological polar surface area (TPSA) is 64.6 Å². The molecule has 0 saturated heterocycles. The number of nitrogens with one attached hydrogen (secondary N) is 1. The highest BCUT2D eigenvalue weighted by Crippen LogP contribution is 2.30. The second-order valence-electron chi connectivity index (χ2n) is 6.85. The first-order valence-electron chi connectivity index (χ1n) is 8.83. The third-order valence-corrected chi connectivity index (χ3v) is 4.80. The first-order valence-corrected chi connectivity index (χ1v) is 9.21. The molecular weight excluding hydrogens is 366 g/mol. The van der Waals surface area contributed by atoms with Crippen LogP contribution >= 0.6 is 11.6 Å². The van der Waals surface area contributed by atoms with E-state index < -0.39 is 18.0 Å². The third-order valence-electron chi connectivity index (χ3n) is 4.56. The number of hydrogen-bond donors (Lipinski definition) is 1. The van der Waals surface area contributed by atoms with Gasteiger partial charge in [0.25, 0.3) is 5.91 Å². The Morgan fingerprint density at radius 3 is 2.74 bits per heavy atom. The SMILES string of the molecule is Cc1ccc(NC(=O)C(C)OC(=O)C2COc3ccc(Cl)cc3C2)c(C)c1. The molecule has 142 valence electrons. The van der Waals surface area contributed by atoms with Crippen molar-refractivity contribution in [2.75, 3.05) is 11.9 Å². The fraction of sp³-hybridized carbons (Fsp3) is 0.333. The number of carbonyl (C=O) groups is 2. The highest BCUT2D eigenvalue weighted by molar-refractivity contribution is 6.30. The van der Waals surface area contributed by atoms with E-state index in [1.807, 2.05) is 32.0 Å². The molecule has 2 aromatic rings. The first-order chi connectivity index (χ1) is 12.8. The smallest absolute Gasteiger partial charge is 0.313 e. The molecule has 0 aliphatic carbocycles. The van der Waals surface area contributed by atoms with Gasteiger partial charge in [-0.3, -0.25) is 9.59 Å². The molecule has 1 heterocycles.